The second-order valence-electron chi connectivity index (χ2n) is 7.83. The van der Waals surface area contributed by atoms with Gasteiger partial charge in [-0.2, -0.15) is 5.26 Å². The summed E-state index contributed by atoms with van der Waals surface area (Å²) < 4.78 is 28.6. The molecule has 0 atom stereocenters. The van der Waals surface area contributed by atoms with Gasteiger partial charge in [-0.05, 0) is 66.8 Å². The van der Waals surface area contributed by atoms with Gasteiger partial charge in [-0.25, -0.2) is 8.42 Å². The van der Waals surface area contributed by atoms with Crippen LogP contribution in [0.15, 0.2) is 71.6 Å². The number of hydrogen-bond acceptors (Lipinski definition) is 4. The van der Waals surface area contributed by atoms with Crippen LogP contribution in [0.4, 0.5) is 11.4 Å². The van der Waals surface area contributed by atoms with Gasteiger partial charge in [0.2, 0.25) is 5.91 Å². The first-order valence-corrected chi connectivity index (χ1v) is 12.4. The topological polar surface area (TPSA) is 90.3 Å². The maximum Gasteiger partial charge on any atom is 0.262 e. The Morgan fingerprint density at radius 2 is 1.85 bits per heavy atom. The highest BCUT2D eigenvalue weighted by atomic mass is 35.5. The molecule has 0 saturated carbocycles. The van der Waals surface area contributed by atoms with Crippen LogP contribution in [0.3, 0.4) is 0 Å². The average Bonchev–Trinajstić information content (AvgIpc) is 2.82. The molecule has 1 aliphatic rings. The van der Waals surface area contributed by atoms with Crippen LogP contribution >= 0.6 is 11.6 Å². The highest BCUT2D eigenvalue weighted by Crippen LogP contribution is 2.36. The quantitative estimate of drug-likeness (QED) is 0.543. The van der Waals surface area contributed by atoms with E-state index in [1.165, 1.54) is 12.1 Å². The van der Waals surface area contributed by atoms with Crippen LogP contribution in [0.5, 0.6) is 0 Å². The number of fused-ring (bicyclic) bond motifs is 1. The zero-order valence-corrected chi connectivity index (χ0v) is 19.4. The van der Waals surface area contributed by atoms with E-state index in [9.17, 15) is 13.2 Å². The average molecular weight is 480 g/mol. The number of benzene rings is 3. The first-order valence-electron chi connectivity index (χ1n) is 10.6. The van der Waals surface area contributed by atoms with Crippen molar-refractivity contribution in [2.24, 2.45) is 0 Å². The number of nitrogens with one attached hydrogen (secondary N) is 1. The standard InChI is InChI=1S/C25H22ClN3O3S/c26-21-6-2-7-22(16-21)33(31,32)28-23-8-1-4-20-5-3-15-29(25(20)23)24(30)14-13-18-9-11-19(17-27)12-10-18/h1-2,4,6-12,16,28H,3,5,13-15H2. The summed E-state index contributed by atoms with van der Waals surface area (Å²) in [5, 5.41) is 9.26. The second kappa shape index (κ2) is 9.65. The Morgan fingerprint density at radius 3 is 2.58 bits per heavy atom. The van der Waals surface area contributed by atoms with Crippen LogP contribution in [0.2, 0.25) is 5.02 Å². The van der Waals surface area contributed by atoms with E-state index in [0.717, 1.165) is 24.0 Å². The van der Waals surface area contributed by atoms with Gasteiger partial charge in [-0.3, -0.25) is 9.52 Å². The van der Waals surface area contributed by atoms with Gasteiger partial charge in [0.1, 0.15) is 0 Å². The largest absolute Gasteiger partial charge is 0.310 e. The molecule has 1 amide bonds. The summed E-state index contributed by atoms with van der Waals surface area (Å²) in [6.45, 7) is 0.523. The van der Waals surface area contributed by atoms with Crippen LogP contribution in [0.1, 0.15) is 29.5 Å². The van der Waals surface area contributed by atoms with E-state index in [1.807, 2.05) is 18.2 Å². The molecule has 0 fully saturated rings. The summed E-state index contributed by atoms with van der Waals surface area (Å²) in [6, 6.07) is 20.7. The lowest BCUT2D eigenvalue weighted by Crippen LogP contribution is -2.36. The van der Waals surface area contributed by atoms with Crippen molar-refractivity contribution < 1.29 is 13.2 Å². The van der Waals surface area contributed by atoms with Crippen molar-refractivity contribution in [2.75, 3.05) is 16.2 Å². The third-order valence-electron chi connectivity index (χ3n) is 5.58. The van der Waals surface area contributed by atoms with E-state index >= 15 is 0 Å². The monoisotopic (exact) mass is 479 g/mol. The summed E-state index contributed by atoms with van der Waals surface area (Å²) >= 11 is 5.98. The van der Waals surface area contributed by atoms with Crippen LogP contribution in [0.25, 0.3) is 0 Å². The molecule has 0 saturated heterocycles. The first-order chi connectivity index (χ1) is 15.9. The summed E-state index contributed by atoms with van der Waals surface area (Å²) in [5.41, 5.74) is 3.46. The summed E-state index contributed by atoms with van der Waals surface area (Å²) in [5.74, 6) is -0.0743. The molecule has 3 aromatic carbocycles. The molecule has 8 heteroatoms. The molecule has 0 bridgehead atoms. The highest BCUT2D eigenvalue weighted by molar-refractivity contribution is 7.92. The number of nitriles is 1. The fourth-order valence-corrected chi connectivity index (χ4v) is 5.32. The normalized spacial score (nSPS) is 13.2. The predicted molar refractivity (Wildman–Crippen MR) is 129 cm³/mol. The molecule has 6 nitrogen and oxygen atoms in total. The smallest absolute Gasteiger partial charge is 0.262 e. The highest BCUT2D eigenvalue weighted by Gasteiger charge is 2.27. The lowest BCUT2D eigenvalue weighted by atomic mass is 9.99. The van der Waals surface area contributed by atoms with Gasteiger partial charge >= 0.3 is 0 Å². The van der Waals surface area contributed by atoms with Crippen molar-refractivity contribution in [3.05, 3.63) is 88.4 Å². The summed E-state index contributed by atoms with van der Waals surface area (Å²) in [6.07, 6.45) is 2.38. The minimum absolute atomic E-state index is 0.0575. The van der Waals surface area contributed by atoms with E-state index in [0.29, 0.717) is 34.9 Å². The van der Waals surface area contributed by atoms with E-state index in [-0.39, 0.29) is 17.2 Å². The maximum absolute atomic E-state index is 13.2. The minimum atomic E-state index is -3.88. The number of carbonyl (C=O) groups excluding carboxylic acids is 1. The fourth-order valence-electron chi connectivity index (χ4n) is 3.95. The Bertz CT molecular complexity index is 1330. The lowest BCUT2D eigenvalue weighted by Gasteiger charge is -2.32. The van der Waals surface area contributed by atoms with Gasteiger partial charge in [0, 0.05) is 18.0 Å². The zero-order valence-electron chi connectivity index (χ0n) is 17.8. The van der Waals surface area contributed by atoms with Gasteiger partial charge in [-0.15, -0.1) is 0 Å². The number of para-hydroxylation sites is 1. The molecular formula is C25H22ClN3O3S. The van der Waals surface area contributed by atoms with E-state index in [2.05, 4.69) is 10.8 Å². The van der Waals surface area contributed by atoms with Gasteiger partial charge in [0.25, 0.3) is 10.0 Å². The van der Waals surface area contributed by atoms with Crippen molar-refractivity contribution in [2.45, 2.75) is 30.6 Å². The SMILES string of the molecule is N#Cc1ccc(CCC(=O)N2CCCc3cccc(NS(=O)(=O)c4cccc(Cl)c4)c32)cc1. The Kier molecular flexibility index (Phi) is 6.68. The Hall–Kier alpha value is -3.34. The molecule has 0 radical (unpaired) electrons. The Morgan fingerprint density at radius 1 is 1.09 bits per heavy atom. The fraction of sp³-hybridized carbons (Fsp3) is 0.200. The van der Waals surface area contributed by atoms with Crippen molar-refractivity contribution in [3.8, 4) is 6.07 Å². The molecule has 1 N–H and O–H groups in total. The van der Waals surface area contributed by atoms with Crippen molar-refractivity contribution in [3.63, 3.8) is 0 Å². The molecule has 3 aromatic rings. The van der Waals surface area contributed by atoms with Crippen LogP contribution in [-0.4, -0.2) is 20.9 Å². The number of halogens is 1. The van der Waals surface area contributed by atoms with Crippen molar-refractivity contribution in [1.29, 1.82) is 5.26 Å². The van der Waals surface area contributed by atoms with Gasteiger partial charge < -0.3 is 4.90 Å². The number of rotatable bonds is 6. The number of carbonyl (C=O) groups is 1. The number of sulfonamides is 1. The number of anilines is 2. The molecule has 0 aromatic heterocycles. The van der Waals surface area contributed by atoms with E-state index in [4.69, 9.17) is 16.9 Å². The molecule has 0 aliphatic carbocycles. The zero-order chi connectivity index (χ0) is 23.4. The first kappa shape index (κ1) is 22.8. The van der Waals surface area contributed by atoms with Gasteiger partial charge in [0.15, 0.2) is 0 Å². The van der Waals surface area contributed by atoms with Gasteiger partial charge in [0.05, 0.1) is 27.9 Å². The number of aryl methyl sites for hydroxylation is 2. The number of nitrogens with zero attached hydrogens (tertiary/aromatic N) is 2. The molecule has 33 heavy (non-hydrogen) atoms. The number of amides is 1. The van der Waals surface area contributed by atoms with Crippen LogP contribution < -0.4 is 9.62 Å². The molecular weight excluding hydrogens is 458 g/mol. The molecule has 1 heterocycles. The van der Waals surface area contributed by atoms with Crippen LogP contribution in [-0.2, 0) is 27.7 Å². The molecule has 0 unspecified atom stereocenters. The summed E-state index contributed by atoms with van der Waals surface area (Å²) in [7, 11) is -3.88. The van der Waals surface area contributed by atoms with E-state index < -0.39 is 10.0 Å². The van der Waals surface area contributed by atoms with Crippen molar-refractivity contribution in [1.82, 2.24) is 0 Å². The van der Waals surface area contributed by atoms with E-state index in [1.54, 1.807) is 41.3 Å². The second-order valence-corrected chi connectivity index (χ2v) is 9.95. The number of hydrogen-bond donors (Lipinski definition) is 1. The minimum Gasteiger partial charge on any atom is -0.310 e. The maximum atomic E-state index is 13.2. The molecule has 0 spiro atoms. The Balaban J connectivity index is 1.58. The third-order valence-corrected chi connectivity index (χ3v) is 7.18. The van der Waals surface area contributed by atoms with Crippen LogP contribution in [0, 0.1) is 11.3 Å². The molecule has 1 aliphatic heterocycles. The lowest BCUT2D eigenvalue weighted by molar-refractivity contribution is -0.118. The molecule has 168 valence electrons. The third kappa shape index (κ3) is 5.19. The van der Waals surface area contributed by atoms with Gasteiger partial charge in [-0.1, -0.05) is 41.9 Å². The summed E-state index contributed by atoms with van der Waals surface area (Å²) in [4.78, 5) is 14.9. The van der Waals surface area contributed by atoms with Crippen molar-refractivity contribution >= 4 is 38.9 Å². The molecule has 4 rings (SSSR count). The Labute approximate surface area is 198 Å². The predicted octanol–water partition coefficient (Wildman–Crippen LogP) is 4.92.